The highest BCUT2D eigenvalue weighted by Gasteiger charge is 2.31. The van der Waals surface area contributed by atoms with Crippen LogP contribution in [0.5, 0.6) is 0 Å². The molecule has 1 atom stereocenters. The summed E-state index contributed by atoms with van der Waals surface area (Å²) in [7, 11) is -0.806. The maximum absolute atomic E-state index is 10.9. The van der Waals surface area contributed by atoms with Crippen LogP contribution in [-0.2, 0) is 9.22 Å². The van der Waals surface area contributed by atoms with E-state index in [2.05, 4.69) is 33.9 Å². The SMILES string of the molecule is C[Si](C)O[C@](C)(C=O)CC(C)(C)C. The first-order chi connectivity index (χ1) is 5.68. The zero-order valence-electron chi connectivity index (χ0n) is 9.60. The minimum Gasteiger partial charge on any atom is -0.405 e. The third-order valence-corrected chi connectivity index (χ3v) is 2.44. The lowest BCUT2D eigenvalue weighted by atomic mass is 9.83. The summed E-state index contributed by atoms with van der Waals surface area (Å²) >= 11 is 0. The molecule has 13 heavy (non-hydrogen) atoms. The van der Waals surface area contributed by atoms with Crippen LogP contribution in [0.25, 0.3) is 0 Å². The molecule has 0 unspecified atom stereocenters. The van der Waals surface area contributed by atoms with E-state index in [9.17, 15) is 4.79 Å². The van der Waals surface area contributed by atoms with Gasteiger partial charge in [-0.05, 0) is 31.9 Å². The van der Waals surface area contributed by atoms with Gasteiger partial charge in [-0.3, -0.25) is 0 Å². The van der Waals surface area contributed by atoms with Gasteiger partial charge in [0.1, 0.15) is 11.9 Å². The number of hydrogen-bond acceptors (Lipinski definition) is 2. The Morgan fingerprint density at radius 2 is 1.69 bits per heavy atom. The van der Waals surface area contributed by atoms with Crippen molar-refractivity contribution in [2.24, 2.45) is 5.41 Å². The molecule has 0 bridgehead atoms. The van der Waals surface area contributed by atoms with Crippen molar-refractivity contribution in [1.82, 2.24) is 0 Å². The first kappa shape index (κ1) is 12.8. The smallest absolute Gasteiger partial charge is 0.206 e. The van der Waals surface area contributed by atoms with Gasteiger partial charge in [0.15, 0.2) is 0 Å². The van der Waals surface area contributed by atoms with Crippen LogP contribution in [0.3, 0.4) is 0 Å². The summed E-state index contributed by atoms with van der Waals surface area (Å²) in [6.07, 6.45) is 1.72. The molecule has 0 aliphatic carbocycles. The van der Waals surface area contributed by atoms with E-state index in [1.807, 2.05) is 6.92 Å². The van der Waals surface area contributed by atoms with Gasteiger partial charge >= 0.3 is 0 Å². The Bertz CT molecular complexity index is 172. The van der Waals surface area contributed by atoms with Gasteiger partial charge in [-0.1, -0.05) is 20.8 Å². The molecular weight excluding hydrogens is 180 g/mol. The van der Waals surface area contributed by atoms with Crippen molar-refractivity contribution in [2.75, 3.05) is 0 Å². The van der Waals surface area contributed by atoms with Crippen LogP contribution >= 0.6 is 0 Å². The van der Waals surface area contributed by atoms with Crippen molar-refractivity contribution < 1.29 is 9.22 Å². The number of carbonyl (C=O) groups excluding carboxylic acids is 1. The number of hydrogen-bond donors (Lipinski definition) is 0. The Kier molecular flexibility index (Phi) is 4.32. The summed E-state index contributed by atoms with van der Waals surface area (Å²) in [4.78, 5) is 10.9. The molecule has 0 amide bonds. The van der Waals surface area contributed by atoms with Crippen molar-refractivity contribution in [3.8, 4) is 0 Å². The molecule has 0 heterocycles. The van der Waals surface area contributed by atoms with Gasteiger partial charge in [-0.25, -0.2) is 0 Å². The summed E-state index contributed by atoms with van der Waals surface area (Å²) in [6, 6.07) is 0. The van der Waals surface area contributed by atoms with Crippen LogP contribution in [-0.4, -0.2) is 20.9 Å². The second-order valence-corrected chi connectivity index (χ2v) is 7.20. The highest BCUT2D eigenvalue weighted by Crippen LogP contribution is 2.28. The first-order valence-corrected chi connectivity index (χ1v) is 7.05. The topological polar surface area (TPSA) is 26.3 Å². The average molecular weight is 201 g/mol. The van der Waals surface area contributed by atoms with Gasteiger partial charge in [-0.15, -0.1) is 0 Å². The maximum atomic E-state index is 10.9. The molecular formula is C10H21O2Si. The van der Waals surface area contributed by atoms with Crippen LogP contribution in [0.2, 0.25) is 13.1 Å². The van der Waals surface area contributed by atoms with Gasteiger partial charge in [0.05, 0.1) is 0 Å². The normalized spacial score (nSPS) is 17.2. The second kappa shape index (κ2) is 4.38. The van der Waals surface area contributed by atoms with Crippen molar-refractivity contribution >= 4 is 15.3 Å². The van der Waals surface area contributed by atoms with E-state index in [1.54, 1.807) is 0 Å². The van der Waals surface area contributed by atoms with Crippen LogP contribution in [0.1, 0.15) is 34.1 Å². The molecule has 3 heteroatoms. The molecule has 0 aliphatic heterocycles. The van der Waals surface area contributed by atoms with Crippen molar-refractivity contribution in [1.29, 1.82) is 0 Å². The van der Waals surface area contributed by atoms with Crippen LogP contribution < -0.4 is 0 Å². The van der Waals surface area contributed by atoms with E-state index in [4.69, 9.17) is 4.43 Å². The minimum absolute atomic E-state index is 0.132. The largest absolute Gasteiger partial charge is 0.405 e. The third kappa shape index (κ3) is 5.99. The zero-order chi connectivity index (χ0) is 10.7. The molecule has 0 aliphatic rings. The van der Waals surface area contributed by atoms with E-state index >= 15 is 0 Å². The Balaban J connectivity index is 4.37. The Morgan fingerprint density at radius 1 is 1.23 bits per heavy atom. The van der Waals surface area contributed by atoms with Gasteiger partial charge in [0.25, 0.3) is 0 Å². The predicted octanol–water partition coefficient (Wildman–Crippen LogP) is 2.65. The van der Waals surface area contributed by atoms with Gasteiger partial charge < -0.3 is 9.22 Å². The van der Waals surface area contributed by atoms with Crippen LogP contribution in [0, 0.1) is 5.41 Å². The van der Waals surface area contributed by atoms with Gasteiger partial charge in [0, 0.05) is 0 Å². The Hall–Kier alpha value is -0.153. The van der Waals surface area contributed by atoms with Gasteiger partial charge in [-0.2, -0.15) is 0 Å². The van der Waals surface area contributed by atoms with E-state index in [1.165, 1.54) is 0 Å². The molecule has 77 valence electrons. The van der Waals surface area contributed by atoms with E-state index in [0.29, 0.717) is 0 Å². The highest BCUT2D eigenvalue weighted by atomic mass is 28.3. The molecule has 0 N–H and O–H groups in total. The summed E-state index contributed by atoms with van der Waals surface area (Å²) in [6.45, 7) is 12.3. The van der Waals surface area contributed by atoms with E-state index in [0.717, 1.165) is 12.7 Å². The standard InChI is InChI=1S/C10H21O2Si/c1-9(2,3)7-10(4,8-11)12-13(5)6/h8H,7H2,1-6H3/t10-/m0/s1. The second-order valence-electron chi connectivity index (χ2n) is 5.18. The van der Waals surface area contributed by atoms with Crippen LogP contribution in [0.4, 0.5) is 0 Å². The molecule has 0 spiro atoms. The first-order valence-electron chi connectivity index (χ1n) is 4.64. The van der Waals surface area contributed by atoms with Crippen molar-refractivity contribution in [2.45, 2.75) is 52.8 Å². The summed E-state index contributed by atoms with van der Waals surface area (Å²) in [5.41, 5.74) is -0.455. The Labute approximate surface area is 83.4 Å². The monoisotopic (exact) mass is 201 g/mol. The minimum atomic E-state index is -0.806. The molecule has 0 saturated carbocycles. The van der Waals surface area contributed by atoms with Crippen LogP contribution in [0.15, 0.2) is 0 Å². The number of rotatable bonds is 4. The van der Waals surface area contributed by atoms with E-state index in [-0.39, 0.29) is 5.41 Å². The molecule has 0 aromatic rings. The van der Waals surface area contributed by atoms with Crippen molar-refractivity contribution in [3.63, 3.8) is 0 Å². The molecule has 0 rings (SSSR count). The zero-order valence-corrected chi connectivity index (χ0v) is 10.6. The molecule has 0 aromatic carbocycles. The molecule has 0 aromatic heterocycles. The Morgan fingerprint density at radius 3 is 1.92 bits per heavy atom. The van der Waals surface area contributed by atoms with E-state index < -0.39 is 14.6 Å². The molecule has 1 radical (unpaired) electrons. The fourth-order valence-corrected chi connectivity index (χ4v) is 2.67. The fourth-order valence-electron chi connectivity index (χ4n) is 1.62. The lowest BCUT2D eigenvalue weighted by Crippen LogP contribution is -2.38. The molecule has 0 saturated heterocycles. The lowest BCUT2D eigenvalue weighted by Gasteiger charge is -2.32. The maximum Gasteiger partial charge on any atom is 0.206 e. The number of carbonyl (C=O) groups is 1. The third-order valence-electron chi connectivity index (χ3n) is 1.57. The summed E-state index contributed by atoms with van der Waals surface area (Å²) in [5.74, 6) is 0. The summed E-state index contributed by atoms with van der Waals surface area (Å²) < 4.78 is 5.70. The average Bonchev–Trinajstić information content (AvgIpc) is 1.81. The molecule has 0 fully saturated rings. The fraction of sp³-hybridized carbons (Fsp3) is 0.900. The van der Waals surface area contributed by atoms with Gasteiger partial charge in [0.2, 0.25) is 9.04 Å². The highest BCUT2D eigenvalue weighted by molar-refractivity contribution is 6.48. The lowest BCUT2D eigenvalue weighted by molar-refractivity contribution is -0.122. The molecule has 2 nitrogen and oxygen atoms in total. The predicted molar refractivity (Wildman–Crippen MR) is 57.1 cm³/mol. The number of aldehydes is 1. The summed E-state index contributed by atoms with van der Waals surface area (Å²) in [5, 5.41) is 0. The van der Waals surface area contributed by atoms with Crippen molar-refractivity contribution in [3.05, 3.63) is 0 Å². The quantitative estimate of drug-likeness (QED) is 0.516.